The maximum Gasteiger partial charge on any atom is 0.271 e. The Hall–Kier alpha value is -2.94. The third-order valence-corrected chi connectivity index (χ3v) is 3.68. The molecule has 6 nitrogen and oxygen atoms in total. The Morgan fingerprint density at radius 3 is 2.67 bits per heavy atom. The van der Waals surface area contributed by atoms with Crippen molar-refractivity contribution in [1.29, 1.82) is 5.26 Å². The lowest BCUT2D eigenvalue weighted by atomic mass is 10.0. The zero-order valence-corrected chi connectivity index (χ0v) is 14.0. The van der Waals surface area contributed by atoms with Gasteiger partial charge in [0.15, 0.2) is 6.19 Å². The molecule has 1 aromatic heterocycles. The summed E-state index contributed by atoms with van der Waals surface area (Å²) in [4.78, 5) is 30.0. The zero-order chi connectivity index (χ0) is 17.7. The van der Waals surface area contributed by atoms with Gasteiger partial charge in [0.05, 0.1) is 0 Å². The predicted molar refractivity (Wildman–Crippen MR) is 90.8 cm³/mol. The van der Waals surface area contributed by atoms with Crippen LogP contribution in [0, 0.1) is 17.4 Å². The number of pyridine rings is 1. The lowest BCUT2D eigenvalue weighted by molar-refractivity contribution is -0.129. The largest absolute Gasteiger partial charge is 0.339 e. The third kappa shape index (κ3) is 3.87. The second-order valence-corrected chi connectivity index (χ2v) is 6.03. The number of fused-ring (bicyclic) bond motifs is 1. The van der Waals surface area contributed by atoms with Crippen molar-refractivity contribution >= 4 is 22.6 Å². The molecule has 0 aliphatic heterocycles. The minimum atomic E-state index is -0.761. The van der Waals surface area contributed by atoms with Crippen LogP contribution in [0.3, 0.4) is 0 Å². The Morgan fingerprint density at radius 1 is 1.29 bits per heavy atom. The van der Waals surface area contributed by atoms with Crippen molar-refractivity contribution in [3.05, 3.63) is 42.2 Å². The van der Waals surface area contributed by atoms with Crippen LogP contribution in [-0.2, 0) is 4.79 Å². The Kier molecular flexibility index (Phi) is 5.48. The van der Waals surface area contributed by atoms with Gasteiger partial charge in [-0.05, 0) is 23.8 Å². The average Bonchev–Trinajstić information content (AvgIpc) is 2.58. The second-order valence-electron chi connectivity index (χ2n) is 6.03. The number of carbonyl (C=O) groups is 2. The van der Waals surface area contributed by atoms with Gasteiger partial charge in [-0.15, -0.1) is 0 Å². The van der Waals surface area contributed by atoms with E-state index < -0.39 is 17.9 Å². The highest BCUT2D eigenvalue weighted by Gasteiger charge is 2.26. The summed E-state index contributed by atoms with van der Waals surface area (Å²) in [6.07, 6.45) is 3.79. The van der Waals surface area contributed by atoms with Gasteiger partial charge in [-0.2, -0.15) is 5.26 Å². The highest BCUT2D eigenvalue weighted by Crippen LogP contribution is 2.17. The number of hydrogen-bond donors (Lipinski definition) is 1. The number of nitrogens with zero attached hydrogens (tertiary/aromatic N) is 3. The summed E-state index contributed by atoms with van der Waals surface area (Å²) in [6.45, 7) is 3.91. The minimum absolute atomic E-state index is 0.187. The lowest BCUT2D eigenvalue weighted by Gasteiger charge is -2.21. The fraction of sp³-hybridized carbons (Fsp3) is 0.333. The molecule has 0 aliphatic rings. The SMILES string of the molecule is CC(C)C[C@H](NC(=O)c1nccc2ccccc12)C(=O)N(C)C#N. The number of rotatable bonds is 5. The molecule has 6 heteroatoms. The van der Waals surface area contributed by atoms with E-state index in [0.717, 1.165) is 15.7 Å². The summed E-state index contributed by atoms with van der Waals surface area (Å²) >= 11 is 0. The van der Waals surface area contributed by atoms with E-state index in [1.54, 1.807) is 12.4 Å². The average molecular weight is 324 g/mol. The molecule has 0 saturated heterocycles. The molecule has 0 unspecified atom stereocenters. The van der Waals surface area contributed by atoms with Crippen LogP contribution in [0.1, 0.15) is 30.8 Å². The molecule has 2 amide bonds. The van der Waals surface area contributed by atoms with Gasteiger partial charge in [0.25, 0.3) is 11.8 Å². The molecular weight excluding hydrogens is 304 g/mol. The van der Waals surface area contributed by atoms with E-state index in [4.69, 9.17) is 5.26 Å². The van der Waals surface area contributed by atoms with Gasteiger partial charge in [0, 0.05) is 18.6 Å². The van der Waals surface area contributed by atoms with E-state index in [1.807, 2.05) is 44.2 Å². The maximum atomic E-state index is 12.6. The van der Waals surface area contributed by atoms with Gasteiger partial charge >= 0.3 is 0 Å². The van der Waals surface area contributed by atoms with Crippen molar-refractivity contribution in [2.24, 2.45) is 5.92 Å². The van der Waals surface area contributed by atoms with Gasteiger partial charge in [-0.25, -0.2) is 0 Å². The number of nitrogens with one attached hydrogen (secondary N) is 1. The minimum Gasteiger partial charge on any atom is -0.339 e. The molecule has 1 atom stereocenters. The van der Waals surface area contributed by atoms with E-state index in [9.17, 15) is 9.59 Å². The Labute approximate surface area is 141 Å². The Balaban J connectivity index is 2.29. The molecular formula is C18H20N4O2. The number of amides is 2. The summed E-state index contributed by atoms with van der Waals surface area (Å²) in [5, 5.41) is 13.3. The number of aromatic nitrogens is 1. The first-order valence-electron chi connectivity index (χ1n) is 7.76. The number of hydrogen-bond acceptors (Lipinski definition) is 4. The molecule has 0 radical (unpaired) electrons. The lowest BCUT2D eigenvalue weighted by Crippen LogP contribution is -2.47. The number of likely N-dealkylation sites (N-methyl/N-ethyl adjacent to an activating group) is 1. The van der Waals surface area contributed by atoms with E-state index >= 15 is 0 Å². The summed E-state index contributed by atoms with van der Waals surface area (Å²) in [5.41, 5.74) is 0.272. The Bertz CT molecular complexity index is 790. The van der Waals surface area contributed by atoms with Crippen molar-refractivity contribution in [2.75, 3.05) is 7.05 Å². The van der Waals surface area contributed by atoms with Crippen LogP contribution in [-0.4, -0.2) is 34.8 Å². The highest BCUT2D eigenvalue weighted by molar-refractivity contribution is 6.06. The van der Waals surface area contributed by atoms with Crippen molar-refractivity contribution in [3.63, 3.8) is 0 Å². The molecule has 1 aromatic carbocycles. The van der Waals surface area contributed by atoms with Gasteiger partial charge in [-0.3, -0.25) is 19.5 Å². The van der Waals surface area contributed by atoms with Gasteiger partial charge < -0.3 is 5.32 Å². The summed E-state index contributed by atoms with van der Waals surface area (Å²) in [7, 11) is 1.39. The fourth-order valence-corrected chi connectivity index (χ4v) is 2.50. The number of nitriles is 1. The van der Waals surface area contributed by atoms with Gasteiger partial charge in [0.1, 0.15) is 11.7 Å². The normalized spacial score (nSPS) is 11.8. The first kappa shape index (κ1) is 17.4. The van der Waals surface area contributed by atoms with Crippen molar-refractivity contribution < 1.29 is 9.59 Å². The van der Waals surface area contributed by atoms with E-state index in [1.165, 1.54) is 7.05 Å². The summed E-state index contributed by atoms with van der Waals surface area (Å²) in [5.74, 6) is -0.663. The molecule has 0 bridgehead atoms. The van der Waals surface area contributed by atoms with Crippen LogP contribution in [0.25, 0.3) is 10.8 Å². The van der Waals surface area contributed by atoms with E-state index in [2.05, 4.69) is 10.3 Å². The monoisotopic (exact) mass is 324 g/mol. The second kappa shape index (κ2) is 7.55. The van der Waals surface area contributed by atoms with Gasteiger partial charge in [0.2, 0.25) is 0 Å². The van der Waals surface area contributed by atoms with Crippen LogP contribution < -0.4 is 5.32 Å². The first-order chi connectivity index (χ1) is 11.4. The molecule has 2 aromatic rings. The van der Waals surface area contributed by atoms with Crippen molar-refractivity contribution in [2.45, 2.75) is 26.3 Å². The molecule has 124 valence electrons. The van der Waals surface area contributed by atoms with Crippen LogP contribution in [0.4, 0.5) is 0 Å². The zero-order valence-electron chi connectivity index (χ0n) is 14.0. The fourth-order valence-electron chi connectivity index (χ4n) is 2.50. The third-order valence-electron chi connectivity index (χ3n) is 3.68. The number of carbonyl (C=O) groups excluding carboxylic acids is 2. The quantitative estimate of drug-likeness (QED) is 0.675. The first-order valence-corrected chi connectivity index (χ1v) is 7.76. The molecule has 0 aliphatic carbocycles. The molecule has 0 spiro atoms. The topological polar surface area (TPSA) is 86.1 Å². The van der Waals surface area contributed by atoms with E-state index in [0.29, 0.717) is 6.42 Å². The molecule has 1 N–H and O–H groups in total. The molecule has 1 heterocycles. The number of benzene rings is 1. The highest BCUT2D eigenvalue weighted by atomic mass is 16.2. The smallest absolute Gasteiger partial charge is 0.271 e. The van der Waals surface area contributed by atoms with Gasteiger partial charge in [-0.1, -0.05) is 38.1 Å². The van der Waals surface area contributed by atoms with Crippen LogP contribution in [0.2, 0.25) is 0 Å². The van der Waals surface area contributed by atoms with Crippen molar-refractivity contribution in [3.8, 4) is 6.19 Å². The van der Waals surface area contributed by atoms with Crippen molar-refractivity contribution in [1.82, 2.24) is 15.2 Å². The molecule has 24 heavy (non-hydrogen) atoms. The van der Waals surface area contributed by atoms with Crippen LogP contribution in [0.5, 0.6) is 0 Å². The maximum absolute atomic E-state index is 12.6. The van der Waals surface area contributed by atoms with Crippen LogP contribution in [0.15, 0.2) is 36.5 Å². The molecule has 2 rings (SSSR count). The predicted octanol–water partition coefficient (Wildman–Crippen LogP) is 2.32. The molecule has 0 saturated carbocycles. The summed E-state index contributed by atoms with van der Waals surface area (Å²) in [6, 6.07) is 8.50. The van der Waals surface area contributed by atoms with Crippen LogP contribution >= 0.6 is 0 Å². The molecule has 0 fully saturated rings. The summed E-state index contributed by atoms with van der Waals surface area (Å²) < 4.78 is 0. The Morgan fingerprint density at radius 2 is 2.00 bits per heavy atom. The van der Waals surface area contributed by atoms with E-state index in [-0.39, 0.29) is 11.6 Å². The standard InChI is InChI=1S/C18H20N4O2/c1-12(2)10-15(18(24)22(3)11-19)21-17(23)16-14-7-5-4-6-13(14)8-9-20-16/h4-9,12,15H,10H2,1-3H3,(H,21,23)/t15-/m0/s1.